The minimum absolute atomic E-state index is 0.303. The van der Waals surface area contributed by atoms with Crippen LogP contribution in [0.1, 0.15) is 66.7 Å². The molecule has 0 radical (unpaired) electrons. The molecule has 0 aliphatic rings. The molecular weight excluding hydrogens is 272 g/mol. The fraction of sp³-hybridized carbons (Fsp3) is 1.00. The van der Waals surface area contributed by atoms with Crippen molar-refractivity contribution in [2.75, 3.05) is 20.0 Å². The zero-order valence-corrected chi connectivity index (χ0v) is 14.9. The Balaban J connectivity index is 3.56. The predicted octanol–water partition coefficient (Wildman–Crippen LogP) is 5.48. The van der Waals surface area contributed by atoms with E-state index < -0.39 is 0 Å². The average Bonchev–Trinajstić information content (AvgIpc) is 2.32. The highest BCUT2D eigenvalue weighted by Crippen LogP contribution is 2.25. The van der Waals surface area contributed by atoms with Crippen LogP contribution in [0.4, 0.5) is 0 Å². The van der Waals surface area contributed by atoms with Crippen LogP contribution in [0.2, 0.25) is 0 Å². The Bertz CT molecular complexity index is 209. The van der Waals surface area contributed by atoms with E-state index in [1.807, 2.05) is 6.92 Å². The van der Waals surface area contributed by atoms with Crippen molar-refractivity contribution in [2.45, 2.75) is 72.1 Å². The summed E-state index contributed by atoms with van der Waals surface area (Å²) in [5.41, 5.74) is 0. The standard InChI is InChI=1S/C17H35ClO2/c1-6-19-13-20-9-7-8-14(2)10-15(3)11-16(4)12-17(5)18/h14-17H,6-13H2,1-5H3. The number of halogens is 1. The lowest BCUT2D eigenvalue weighted by Crippen LogP contribution is -2.11. The van der Waals surface area contributed by atoms with Crippen molar-refractivity contribution in [1.29, 1.82) is 0 Å². The molecule has 2 nitrogen and oxygen atoms in total. The minimum atomic E-state index is 0.303. The summed E-state index contributed by atoms with van der Waals surface area (Å²) in [6.07, 6.45) is 6.12. The van der Waals surface area contributed by atoms with Gasteiger partial charge < -0.3 is 9.47 Å². The van der Waals surface area contributed by atoms with Gasteiger partial charge in [-0.05, 0) is 63.7 Å². The van der Waals surface area contributed by atoms with E-state index in [4.69, 9.17) is 21.1 Å². The van der Waals surface area contributed by atoms with Crippen molar-refractivity contribution < 1.29 is 9.47 Å². The van der Waals surface area contributed by atoms with E-state index in [1.54, 1.807) is 0 Å². The summed E-state index contributed by atoms with van der Waals surface area (Å²) < 4.78 is 10.5. The summed E-state index contributed by atoms with van der Waals surface area (Å²) in [6.45, 7) is 13.1. The first-order chi connectivity index (χ1) is 9.45. The zero-order chi connectivity index (χ0) is 15.4. The van der Waals surface area contributed by atoms with E-state index in [9.17, 15) is 0 Å². The number of alkyl halides is 1. The second-order valence-corrected chi connectivity index (χ2v) is 7.21. The lowest BCUT2D eigenvalue weighted by molar-refractivity contribution is -0.0508. The molecule has 0 aromatic heterocycles. The van der Waals surface area contributed by atoms with E-state index in [2.05, 4.69) is 27.7 Å². The lowest BCUT2D eigenvalue weighted by Gasteiger charge is -2.21. The molecule has 0 saturated heterocycles. The average molecular weight is 307 g/mol. The fourth-order valence-corrected chi connectivity index (χ4v) is 3.28. The van der Waals surface area contributed by atoms with Gasteiger partial charge in [0, 0.05) is 18.6 Å². The van der Waals surface area contributed by atoms with Crippen molar-refractivity contribution >= 4 is 11.6 Å². The van der Waals surface area contributed by atoms with Gasteiger partial charge in [-0.25, -0.2) is 0 Å². The van der Waals surface area contributed by atoms with Crippen LogP contribution in [0.5, 0.6) is 0 Å². The van der Waals surface area contributed by atoms with Crippen LogP contribution in [0.3, 0.4) is 0 Å². The molecule has 0 heterocycles. The number of hydrogen-bond acceptors (Lipinski definition) is 2. The number of hydrogen-bond donors (Lipinski definition) is 0. The quantitative estimate of drug-likeness (QED) is 0.255. The molecule has 122 valence electrons. The summed E-state index contributed by atoms with van der Waals surface area (Å²) >= 11 is 6.06. The molecule has 20 heavy (non-hydrogen) atoms. The maximum Gasteiger partial charge on any atom is 0.146 e. The van der Waals surface area contributed by atoms with E-state index in [0.29, 0.717) is 12.2 Å². The van der Waals surface area contributed by atoms with Gasteiger partial charge >= 0.3 is 0 Å². The normalized spacial score (nSPS) is 17.7. The zero-order valence-electron chi connectivity index (χ0n) is 14.2. The Morgan fingerprint density at radius 2 is 1.45 bits per heavy atom. The topological polar surface area (TPSA) is 18.5 Å². The van der Waals surface area contributed by atoms with Crippen molar-refractivity contribution in [3.63, 3.8) is 0 Å². The number of ether oxygens (including phenoxy) is 2. The van der Waals surface area contributed by atoms with Crippen LogP contribution in [0, 0.1) is 17.8 Å². The van der Waals surface area contributed by atoms with Gasteiger partial charge in [0.05, 0.1) is 0 Å². The van der Waals surface area contributed by atoms with Crippen molar-refractivity contribution in [3.8, 4) is 0 Å². The van der Waals surface area contributed by atoms with Gasteiger partial charge in [0.2, 0.25) is 0 Å². The molecule has 0 aliphatic heterocycles. The van der Waals surface area contributed by atoms with Crippen LogP contribution < -0.4 is 0 Å². The highest BCUT2D eigenvalue weighted by atomic mass is 35.5. The third-order valence-electron chi connectivity index (χ3n) is 3.69. The molecule has 0 bridgehead atoms. The third kappa shape index (κ3) is 13.2. The summed E-state index contributed by atoms with van der Waals surface area (Å²) in [5.74, 6) is 2.31. The Morgan fingerprint density at radius 1 is 0.850 bits per heavy atom. The second-order valence-electron chi connectivity index (χ2n) is 6.46. The maximum absolute atomic E-state index is 6.06. The van der Waals surface area contributed by atoms with E-state index >= 15 is 0 Å². The molecule has 0 rings (SSSR count). The second kappa shape index (κ2) is 12.9. The summed E-state index contributed by atoms with van der Waals surface area (Å²) in [5, 5.41) is 0.303. The smallest absolute Gasteiger partial charge is 0.146 e. The van der Waals surface area contributed by atoms with Crippen LogP contribution >= 0.6 is 11.6 Å². The van der Waals surface area contributed by atoms with E-state index in [-0.39, 0.29) is 0 Å². The molecule has 4 atom stereocenters. The third-order valence-corrected chi connectivity index (χ3v) is 3.87. The van der Waals surface area contributed by atoms with Crippen molar-refractivity contribution in [2.24, 2.45) is 17.8 Å². The maximum atomic E-state index is 6.06. The van der Waals surface area contributed by atoms with Crippen LogP contribution in [-0.4, -0.2) is 25.4 Å². The molecule has 4 unspecified atom stereocenters. The van der Waals surface area contributed by atoms with Gasteiger partial charge in [-0.15, -0.1) is 11.6 Å². The minimum Gasteiger partial charge on any atom is -0.356 e. The Kier molecular flexibility index (Phi) is 13.0. The van der Waals surface area contributed by atoms with Gasteiger partial charge in [0.25, 0.3) is 0 Å². The Labute approximate surface area is 131 Å². The fourth-order valence-electron chi connectivity index (χ4n) is 2.97. The molecule has 0 saturated carbocycles. The Morgan fingerprint density at radius 3 is 2.05 bits per heavy atom. The van der Waals surface area contributed by atoms with Crippen LogP contribution in [0.15, 0.2) is 0 Å². The molecule has 0 amide bonds. The molecule has 3 heteroatoms. The van der Waals surface area contributed by atoms with Gasteiger partial charge in [-0.1, -0.05) is 20.8 Å². The molecule has 0 N–H and O–H groups in total. The largest absolute Gasteiger partial charge is 0.356 e. The van der Waals surface area contributed by atoms with Crippen molar-refractivity contribution in [1.82, 2.24) is 0 Å². The van der Waals surface area contributed by atoms with Crippen LogP contribution in [0.25, 0.3) is 0 Å². The Hall–Kier alpha value is 0.210. The highest BCUT2D eigenvalue weighted by molar-refractivity contribution is 6.20. The molecule has 0 aliphatic carbocycles. The molecule has 0 aromatic rings. The van der Waals surface area contributed by atoms with Gasteiger partial charge in [-0.3, -0.25) is 0 Å². The number of rotatable bonds is 13. The van der Waals surface area contributed by atoms with Gasteiger partial charge in [0.1, 0.15) is 6.79 Å². The molecular formula is C17H35ClO2. The van der Waals surface area contributed by atoms with Crippen LogP contribution in [-0.2, 0) is 9.47 Å². The first kappa shape index (κ1) is 20.2. The summed E-state index contributed by atoms with van der Waals surface area (Å²) in [6, 6.07) is 0. The predicted molar refractivity (Wildman–Crippen MR) is 88.3 cm³/mol. The monoisotopic (exact) mass is 306 g/mol. The first-order valence-electron chi connectivity index (χ1n) is 8.25. The lowest BCUT2D eigenvalue weighted by atomic mass is 9.86. The summed E-state index contributed by atoms with van der Waals surface area (Å²) in [7, 11) is 0. The van der Waals surface area contributed by atoms with Crippen molar-refractivity contribution in [3.05, 3.63) is 0 Å². The molecule has 0 aromatic carbocycles. The first-order valence-corrected chi connectivity index (χ1v) is 8.68. The van der Waals surface area contributed by atoms with Gasteiger partial charge in [0.15, 0.2) is 0 Å². The molecule has 0 fully saturated rings. The summed E-state index contributed by atoms with van der Waals surface area (Å²) in [4.78, 5) is 0. The van der Waals surface area contributed by atoms with Gasteiger partial charge in [-0.2, -0.15) is 0 Å². The van der Waals surface area contributed by atoms with E-state index in [1.165, 1.54) is 19.3 Å². The SMILES string of the molecule is CCOCOCCCC(C)CC(C)CC(C)CC(C)Cl. The highest BCUT2D eigenvalue weighted by Gasteiger charge is 2.14. The van der Waals surface area contributed by atoms with E-state index in [0.717, 1.165) is 43.8 Å². The molecule has 0 spiro atoms.